The third kappa shape index (κ3) is 2.71. The number of piperidine rings is 1. The summed E-state index contributed by atoms with van der Waals surface area (Å²) in [4.78, 5) is 4.28. The second-order valence-electron chi connectivity index (χ2n) is 5.23. The summed E-state index contributed by atoms with van der Waals surface area (Å²) >= 11 is 0. The van der Waals surface area contributed by atoms with Crippen LogP contribution in [0.5, 0.6) is 5.88 Å². The number of rotatable bonds is 3. The molecule has 0 saturated carbocycles. The number of nitrogens with one attached hydrogen (secondary N) is 1. The van der Waals surface area contributed by atoms with E-state index in [-0.39, 0.29) is 0 Å². The highest BCUT2D eigenvalue weighted by molar-refractivity contribution is 5.87. The molecule has 100 valence electrons. The average molecular weight is 256 g/mol. The fourth-order valence-electron chi connectivity index (χ4n) is 2.86. The molecule has 0 aliphatic carbocycles. The third-order valence-electron chi connectivity index (χ3n) is 3.88. The van der Waals surface area contributed by atoms with E-state index in [1.807, 2.05) is 6.07 Å². The molecule has 1 aromatic heterocycles. The Morgan fingerprint density at radius 3 is 3.05 bits per heavy atom. The van der Waals surface area contributed by atoms with Crippen molar-refractivity contribution in [2.75, 3.05) is 13.7 Å². The van der Waals surface area contributed by atoms with Crippen LogP contribution in [0.1, 0.15) is 24.8 Å². The molecule has 3 heteroatoms. The van der Waals surface area contributed by atoms with Gasteiger partial charge in [0.05, 0.1) is 7.11 Å². The van der Waals surface area contributed by atoms with E-state index in [9.17, 15) is 0 Å². The second kappa shape index (κ2) is 5.57. The molecule has 1 atom stereocenters. The van der Waals surface area contributed by atoms with Crippen LogP contribution in [0.25, 0.3) is 10.8 Å². The van der Waals surface area contributed by atoms with Crippen LogP contribution in [0.3, 0.4) is 0 Å². The zero-order valence-corrected chi connectivity index (χ0v) is 11.4. The molecule has 1 saturated heterocycles. The monoisotopic (exact) mass is 256 g/mol. The minimum absolute atomic E-state index is 0.619. The lowest BCUT2D eigenvalue weighted by Crippen LogP contribution is -2.35. The van der Waals surface area contributed by atoms with E-state index >= 15 is 0 Å². The molecule has 1 N–H and O–H groups in total. The molecule has 1 aliphatic heterocycles. The maximum absolute atomic E-state index is 5.35. The molecule has 1 aromatic carbocycles. The highest BCUT2D eigenvalue weighted by Gasteiger charge is 2.13. The largest absolute Gasteiger partial charge is 0.481 e. The van der Waals surface area contributed by atoms with Gasteiger partial charge in [-0.3, -0.25) is 0 Å². The Labute approximate surface area is 114 Å². The first-order valence-corrected chi connectivity index (χ1v) is 7.02. The molecule has 0 bridgehead atoms. The van der Waals surface area contributed by atoms with Crippen molar-refractivity contribution in [3.63, 3.8) is 0 Å². The van der Waals surface area contributed by atoms with Crippen LogP contribution in [-0.4, -0.2) is 24.7 Å². The molecule has 19 heavy (non-hydrogen) atoms. The summed E-state index contributed by atoms with van der Waals surface area (Å²) < 4.78 is 5.35. The summed E-state index contributed by atoms with van der Waals surface area (Å²) in [7, 11) is 1.68. The van der Waals surface area contributed by atoms with Gasteiger partial charge < -0.3 is 10.1 Å². The van der Waals surface area contributed by atoms with Gasteiger partial charge in [0.25, 0.3) is 0 Å². The van der Waals surface area contributed by atoms with Gasteiger partial charge in [0.2, 0.25) is 5.88 Å². The highest BCUT2D eigenvalue weighted by Crippen LogP contribution is 2.25. The van der Waals surface area contributed by atoms with Crippen molar-refractivity contribution in [2.45, 2.75) is 31.7 Å². The van der Waals surface area contributed by atoms with Gasteiger partial charge >= 0.3 is 0 Å². The van der Waals surface area contributed by atoms with E-state index < -0.39 is 0 Å². The molecule has 0 spiro atoms. The Morgan fingerprint density at radius 1 is 1.32 bits per heavy atom. The van der Waals surface area contributed by atoms with Gasteiger partial charge in [-0.25, -0.2) is 4.98 Å². The number of hydrogen-bond donors (Lipinski definition) is 1. The summed E-state index contributed by atoms with van der Waals surface area (Å²) in [6, 6.07) is 9.25. The van der Waals surface area contributed by atoms with Gasteiger partial charge in [-0.05, 0) is 48.9 Å². The maximum Gasteiger partial charge on any atom is 0.221 e. The first-order chi connectivity index (χ1) is 9.36. The van der Waals surface area contributed by atoms with E-state index in [4.69, 9.17) is 4.74 Å². The van der Waals surface area contributed by atoms with E-state index in [0.29, 0.717) is 6.04 Å². The number of fused-ring (bicyclic) bond motifs is 1. The molecule has 3 nitrogen and oxygen atoms in total. The lowest BCUT2D eigenvalue weighted by Gasteiger charge is -2.23. The van der Waals surface area contributed by atoms with Gasteiger partial charge in [0.1, 0.15) is 0 Å². The summed E-state index contributed by atoms with van der Waals surface area (Å²) in [5.74, 6) is 0.718. The van der Waals surface area contributed by atoms with Crippen LogP contribution in [0.4, 0.5) is 0 Å². The minimum Gasteiger partial charge on any atom is -0.481 e. The normalized spacial score (nSPS) is 19.5. The fourth-order valence-corrected chi connectivity index (χ4v) is 2.86. The molecule has 1 unspecified atom stereocenters. The average Bonchev–Trinajstić information content (AvgIpc) is 2.47. The van der Waals surface area contributed by atoms with E-state index in [1.165, 1.54) is 30.2 Å². The number of methoxy groups -OCH3 is 1. The zero-order valence-electron chi connectivity index (χ0n) is 11.4. The van der Waals surface area contributed by atoms with Crippen molar-refractivity contribution in [3.05, 3.63) is 36.0 Å². The standard InChI is InChI=1S/C16H20N2O/c1-19-16-15-11-12(5-6-13(15)7-9-18-16)10-14-4-2-3-8-17-14/h5-7,9,11,14,17H,2-4,8,10H2,1H3. The molecular weight excluding hydrogens is 236 g/mol. The number of benzene rings is 1. The molecule has 0 amide bonds. The van der Waals surface area contributed by atoms with E-state index in [1.54, 1.807) is 13.3 Å². The number of nitrogens with zero attached hydrogens (tertiary/aromatic N) is 1. The number of pyridine rings is 1. The third-order valence-corrected chi connectivity index (χ3v) is 3.88. The van der Waals surface area contributed by atoms with Crippen LogP contribution in [-0.2, 0) is 6.42 Å². The lowest BCUT2D eigenvalue weighted by molar-refractivity contribution is 0.398. The van der Waals surface area contributed by atoms with Gasteiger partial charge in [0.15, 0.2) is 0 Å². The summed E-state index contributed by atoms with van der Waals surface area (Å²) in [6.45, 7) is 1.16. The van der Waals surface area contributed by atoms with Gasteiger partial charge in [-0.1, -0.05) is 18.6 Å². The van der Waals surface area contributed by atoms with Gasteiger partial charge in [-0.2, -0.15) is 0 Å². The second-order valence-corrected chi connectivity index (χ2v) is 5.23. The van der Waals surface area contributed by atoms with E-state index in [0.717, 1.165) is 24.2 Å². The molecule has 1 aliphatic rings. The van der Waals surface area contributed by atoms with E-state index in [2.05, 4.69) is 28.5 Å². The van der Waals surface area contributed by atoms with Crippen LogP contribution in [0.15, 0.2) is 30.5 Å². The van der Waals surface area contributed by atoms with Gasteiger partial charge in [-0.15, -0.1) is 0 Å². The SMILES string of the molecule is COc1nccc2ccc(CC3CCCCN3)cc12. The molecule has 0 radical (unpaired) electrons. The highest BCUT2D eigenvalue weighted by atomic mass is 16.5. The summed E-state index contributed by atoms with van der Waals surface area (Å²) in [6.07, 6.45) is 6.82. The lowest BCUT2D eigenvalue weighted by atomic mass is 9.96. The van der Waals surface area contributed by atoms with Crippen molar-refractivity contribution in [2.24, 2.45) is 0 Å². The maximum atomic E-state index is 5.35. The van der Waals surface area contributed by atoms with Crippen LogP contribution in [0, 0.1) is 0 Å². The Bertz CT molecular complexity index is 562. The molecule has 1 fully saturated rings. The van der Waals surface area contributed by atoms with Crippen LogP contribution >= 0.6 is 0 Å². The molecular formula is C16H20N2O. The van der Waals surface area contributed by atoms with Crippen molar-refractivity contribution in [1.29, 1.82) is 0 Å². The molecule has 2 aromatic rings. The van der Waals surface area contributed by atoms with Crippen molar-refractivity contribution in [1.82, 2.24) is 10.3 Å². The smallest absolute Gasteiger partial charge is 0.221 e. The Kier molecular flexibility index (Phi) is 3.65. The Hall–Kier alpha value is -1.61. The quantitative estimate of drug-likeness (QED) is 0.917. The van der Waals surface area contributed by atoms with Gasteiger partial charge in [0, 0.05) is 17.6 Å². The Balaban J connectivity index is 1.87. The van der Waals surface area contributed by atoms with Crippen LogP contribution < -0.4 is 10.1 Å². The number of ether oxygens (including phenoxy) is 1. The molecule has 3 rings (SSSR count). The summed E-state index contributed by atoms with van der Waals surface area (Å²) in [5.41, 5.74) is 1.36. The number of hydrogen-bond acceptors (Lipinski definition) is 3. The van der Waals surface area contributed by atoms with Crippen LogP contribution in [0.2, 0.25) is 0 Å². The molecule has 2 heterocycles. The number of aromatic nitrogens is 1. The van der Waals surface area contributed by atoms with Crippen molar-refractivity contribution in [3.8, 4) is 5.88 Å². The summed E-state index contributed by atoms with van der Waals surface area (Å²) in [5, 5.41) is 5.89. The predicted molar refractivity (Wildman–Crippen MR) is 77.6 cm³/mol. The minimum atomic E-state index is 0.619. The topological polar surface area (TPSA) is 34.1 Å². The Morgan fingerprint density at radius 2 is 2.26 bits per heavy atom. The predicted octanol–water partition coefficient (Wildman–Crippen LogP) is 2.93. The first-order valence-electron chi connectivity index (χ1n) is 7.02. The first kappa shape index (κ1) is 12.4. The van der Waals surface area contributed by atoms with Crippen molar-refractivity contribution >= 4 is 10.8 Å². The van der Waals surface area contributed by atoms with Crippen molar-refractivity contribution < 1.29 is 4.74 Å². The zero-order chi connectivity index (χ0) is 13.1. The fraction of sp³-hybridized carbons (Fsp3) is 0.438.